The van der Waals surface area contributed by atoms with E-state index < -0.39 is 0 Å². The Morgan fingerprint density at radius 2 is 1.97 bits per heavy atom. The molecule has 1 atom stereocenters. The average Bonchev–Trinajstić information content (AvgIpc) is 3.32. The van der Waals surface area contributed by atoms with E-state index in [9.17, 15) is 9.59 Å². The summed E-state index contributed by atoms with van der Waals surface area (Å²) in [7, 11) is 0. The van der Waals surface area contributed by atoms with Crippen LogP contribution in [0.3, 0.4) is 0 Å². The Kier molecular flexibility index (Phi) is 6.73. The molecule has 1 fully saturated rings. The second kappa shape index (κ2) is 9.70. The van der Waals surface area contributed by atoms with Crippen molar-refractivity contribution < 1.29 is 9.59 Å². The van der Waals surface area contributed by atoms with Gasteiger partial charge in [0, 0.05) is 41.9 Å². The fraction of sp³-hybridized carbons (Fsp3) is 0.348. The van der Waals surface area contributed by atoms with E-state index in [1.807, 2.05) is 57.2 Å². The van der Waals surface area contributed by atoms with E-state index in [2.05, 4.69) is 41.9 Å². The van der Waals surface area contributed by atoms with Crippen LogP contribution in [0.2, 0.25) is 0 Å². The Bertz CT molecular complexity index is 1180. The van der Waals surface area contributed by atoms with Crippen molar-refractivity contribution in [1.29, 1.82) is 0 Å². The fourth-order valence-electron chi connectivity index (χ4n) is 3.77. The molecule has 4 rings (SSSR count). The molecule has 9 nitrogen and oxygen atoms in total. The molecule has 10 heteroatoms. The van der Waals surface area contributed by atoms with E-state index in [1.54, 1.807) is 9.58 Å². The van der Waals surface area contributed by atoms with Gasteiger partial charge in [-0.15, -0.1) is 10.2 Å². The topological polar surface area (TPSA) is 105 Å². The largest absolute Gasteiger partial charge is 0.367 e. The summed E-state index contributed by atoms with van der Waals surface area (Å²) in [5.41, 5.74) is 3.94. The lowest BCUT2D eigenvalue weighted by molar-refractivity contribution is -0.126. The van der Waals surface area contributed by atoms with Crippen LogP contribution in [-0.2, 0) is 9.59 Å². The lowest BCUT2D eigenvalue weighted by Gasteiger charge is -2.17. The number of carbonyl (C=O) groups is 2. The molecular weight excluding hydrogens is 486 g/mol. The number of benzene rings is 1. The Labute approximate surface area is 200 Å². The summed E-state index contributed by atoms with van der Waals surface area (Å²) in [6.45, 7) is 7.30. The minimum Gasteiger partial charge on any atom is -0.367 e. The number of rotatable bonds is 7. The van der Waals surface area contributed by atoms with Gasteiger partial charge in [0.2, 0.25) is 11.8 Å². The molecule has 33 heavy (non-hydrogen) atoms. The standard InChI is InChI=1S/C23H26BrN7O2/c1-14-15(2)29-31(16(14)3)21-8-7-20(27-28-21)25-9-10-26-23(33)17-11-22(32)30(13-17)19-6-4-5-18(24)12-19/h4-8,12,17H,9-11,13H2,1-3H3,(H,25,27)(H,26,33). The molecular formula is C23H26BrN7O2. The molecule has 172 valence electrons. The molecule has 1 unspecified atom stereocenters. The van der Waals surface area contributed by atoms with Gasteiger partial charge < -0.3 is 15.5 Å². The van der Waals surface area contributed by atoms with Crippen LogP contribution in [0.25, 0.3) is 5.82 Å². The fourth-order valence-corrected chi connectivity index (χ4v) is 4.16. The average molecular weight is 512 g/mol. The summed E-state index contributed by atoms with van der Waals surface area (Å²) in [5.74, 6) is 0.745. The van der Waals surface area contributed by atoms with Crippen molar-refractivity contribution in [3.8, 4) is 5.82 Å². The van der Waals surface area contributed by atoms with Crippen LogP contribution in [0.4, 0.5) is 11.5 Å². The van der Waals surface area contributed by atoms with Crippen molar-refractivity contribution >= 4 is 39.2 Å². The molecule has 0 spiro atoms. The number of anilines is 2. The molecule has 2 amide bonds. The maximum absolute atomic E-state index is 12.5. The van der Waals surface area contributed by atoms with Gasteiger partial charge in [0.25, 0.3) is 0 Å². The van der Waals surface area contributed by atoms with Gasteiger partial charge in [-0.1, -0.05) is 22.0 Å². The summed E-state index contributed by atoms with van der Waals surface area (Å²) in [6.07, 6.45) is 0.213. The predicted molar refractivity (Wildman–Crippen MR) is 129 cm³/mol. The molecule has 0 aliphatic carbocycles. The van der Waals surface area contributed by atoms with Gasteiger partial charge in [-0.2, -0.15) is 5.10 Å². The van der Waals surface area contributed by atoms with Crippen molar-refractivity contribution in [3.05, 3.63) is 57.8 Å². The molecule has 0 saturated carbocycles. The molecule has 3 aromatic rings. The van der Waals surface area contributed by atoms with Gasteiger partial charge in [-0.05, 0) is 56.7 Å². The molecule has 1 saturated heterocycles. The molecule has 0 bridgehead atoms. The second-order valence-electron chi connectivity index (χ2n) is 8.09. The van der Waals surface area contributed by atoms with E-state index in [1.165, 1.54) is 0 Å². The van der Waals surface area contributed by atoms with E-state index in [0.717, 1.165) is 27.1 Å². The molecule has 1 aliphatic rings. The first-order chi connectivity index (χ1) is 15.8. The smallest absolute Gasteiger partial charge is 0.227 e. The third-order valence-electron chi connectivity index (χ3n) is 5.87. The van der Waals surface area contributed by atoms with E-state index in [-0.39, 0.29) is 24.2 Å². The third-order valence-corrected chi connectivity index (χ3v) is 6.36. The van der Waals surface area contributed by atoms with Gasteiger partial charge in [-0.25, -0.2) is 4.68 Å². The van der Waals surface area contributed by atoms with Gasteiger partial charge in [0.15, 0.2) is 5.82 Å². The molecule has 1 aliphatic heterocycles. The summed E-state index contributed by atoms with van der Waals surface area (Å²) in [4.78, 5) is 26.6. The van der Waals surface area contributed by atoms with E-state index in [4.69, 9.17) is 0 Å². The first kappa shape index (κ1) is 22.9. The Hall–Kier alpha value is -3.27. The van der Waals surface area contributed by atoms with Gasteiger partial charge in [0.05, 0.1) is 11.6 Å². The molecule has 3 heterocycles. The highest BCUT2D eigenvalue weighted by atomic mass is 79.9. The molecule has 2 N–H and O–H groups in total. The van der Waals surface area contributed by atoms with Crippen LogP contribution in [0.5, 0.6) is 0 Å². The summed E-state index contributed by atoms with van der Waals surface area (Å²) >= 11 is 3.42. The summed E-state index contributed by atoms with van der Waals surface area (Å²) in [6, 6.07) is 11.2. The van der Waals surface area contributed by atoms with E-state index >= 15 is 0 Å². The van der Waals surface area contributed by atoms with Crippen molar-refractivity contribution in [1.82, 2.24) is 25.3 Å². The van der Waals surface area contributed by atoms with Crippen LogP contribution in [0.1, 0.15) is 23.4 Å². The van der Waals surface area contributed by atoms with Crippen LogP contribution in [-0.4, -0.2) is 51.4 Å². The Balaban J connectivity index is 1.25. The highest BCUT2D eigenvalue weighted by Crippen LogP contribution is 2.27. The van der Waals surface area contributed by atoms with Gasteiger partial charge in [0.1, 0.15) is 5.82 Å². The lowest BCUT2D eigenvalue weighted by atomic mass is 10.1. The van der Waals surface area contributed by atoms with Crippen molar-refractivity contribution in [2.24, 2.45) is 5.92 Å². The van der Waals surface area contributed by atoms with E-state index in [0.29, 0.717) is 31.3 Å². The number of aromatic nitrogens is 4. The maximum atomic E-state index is 12.5. The van der Waals surface area contributed by atoms with Gasteiger partial charge in [-0.3, -0.25) is 9.59 Å². The lowest BCUT2D eigenvalue weighted by Crippen LogP contribution is -2.35. The summed E-state index contributed by atoms with van der Waals surface area (Å²) in [5, 5.41) is 19.0. The van der Waals surface area contributed by atoms with Crippen molar-refractivity contribution in [3.63, 3.8) is 0 Å². The highest BCUT2D eigenvalue weighted by Gasteiger charge is 2.35. The maximum Gasteiger partial charge on any atom is 0.227 e. The normalized spacial score (nSPS) is 15.7. The number of nitrogens with zero attached hydrogens (tertiary/aromatic N) is 5. The quantitative estimate of drug-likeness (QED) is 0.472. The number of halogens is 1. The van der Waals surface area contributed by atoms with Crippen LogP contribution >= 0.6 is 15.9 Å². The zero-order chi connectivity index (χ0) is 23.5. The predicted octanol–water partition coefficient (Wildman–Crippen LogP) is 2.93. The molecule has 0 radical (unpaired) electrons. The minimum absolute atomic E-state index is 0.0421. The zero-order valence-corrected chi connectivity index (χ0v) is 20.4. The van der Waals surface area contributed by atoms with Crippen molar-refractivity contribution in [2.45, 2.75) is 27.2 Å². The SMILES string of the molecule is Cc1nn(-c2ccc(NCCNC(=O)C3CC(=O)N(c4cccc(Br)c4)C3)nn2)c(C)c1C. The molecule has 1 aromatic carbocycles. The number of carbonyl (C=O) groups excluding carboxylic acids is 2. The Morgan fingerprint density at radius 1 is 1.15 bits per heavy atom. The first-order valence-corrected chi connectivity index (χ1v) is 11.6. The monoisotopic (exact) mass is 511 g/mol. The number of nitrogens with one attached hydrogen (secondary N) is 2. The minimum atomic E-state index is -0.361. The number of hydrogen-bond donors (Lipinski definition) is 2. The Morgan fingerprint density at radius 3 is 2.64 bits per heavy atom. The number of aryl methyl sites for hydroxylation is 1. The van der Waals surface area contributed by atoms with Gasteiger partial charge >= 0.3 is 0 Å². The molecule has 2 aromatic heterocycles. The van der Waals surface area contributed by atoms with Crippen LogP contribution < -0.4 is 15.5 Å². The zero-order valence-electron chi connectivity index (χ0n) is 18.8. The summed E-state index contributed by atoms with van der Waals surface area (Å²) < 4.78 is 2.68. The first-order valence-electron chi connectivity index (χ1n) is 10.8. The third kappa shape index (κ3) is 5.05. The number of hydrogen-bond acceptors (Lipinski definition) is 6. The van der Waals surface area contributed by atoms with Crippen LogP contribution in [0, 0.1) is 26.7 Å². The second-order valence-corrected chi connectivity index (χ2v) is 9.00. The van der Waals surface area contributed by atoms with Crippen molar-refractivity contribution in [2.75, 3.05) is 29.9 Å². The number of amides is 2. The van der Waals surface area contributed by atoms with Crippen LogP contribution in [0.15, 0.2) is 40.9 Å². The highest BCUT2D eigenvalue weighted by molar-refractivity contribution is 9.10.